The molecule has 6 heteroatoms. The van der Waals surface area contributed by atoms with E-state index < -0.39 is 12.5 Å². The van der Waals surface area contributed by atoms with Gasteiger partial charge >= 0.3 is 5.97 Å². The number of thioether (sulfide) groups is 1. The molecule has 0 fully saturated rings. The molecule has 1 aliphatic rings. The summed E-state index contributed by atoms with van der Waals surface area (Å²) in [4.78, 5) is 24.8. The molecule has 0 unspecified atom stereocenters. The van der Waals surface area contributed by atoms with Gasteiger partial charge in [0, 0.05) is 0 Å². The second-order valence-electron chi connectivity index (χ2n) is 5.13. The van der Waals surface area contributed by atoms with Crippen LogP contribution in [0.25, 0.3) is 5.70 Å². The molecule has 1 atom stereocenters. The first kappa shape index (κ1) is 15.6. The van der Waals surface area contributed by atoms with Crippen LogP contribution >= 0.6 is 11.8 Å². The minimum atomic E-state index is -1.08. The summed E-state index contributed by atoms with van der Waals surface area (Å²) >= 11 is 1.38. The topological polar surface area (TPSA) is 57.6 Å². The number of rotatable bonds is 4. The summed E-state index contributed by atoms with van der Waals surface area (Å²) in [5.41, 5.74) is 1.13. The predicted molar refractivity (Wildman–Crippen MR) is 79.9 cm³/mol. The third-order valence-electron chi connectivity index (χ3n) is 3.17. The molecule has 4 nitrogen and oxygen atoms in total. The zero-order chi connectivity index (χ0) is 15.6. The Bertz CT molecular complexity index is 583. The van der Waals surface area contributed by atoms with Gasteiger partial charge in [-0.25, -0.2) is 4.39 Å². The minimum Gasteiger partial charge on any atom is -0.480 e. The van der Waals surface area contributed by atoms with Crippen molar-refractivity contribution < 1.29 is 19.1 Å². The second kappa shape index (κ2) is 6.30. The Morgan fingerprint density at radius 1 is 1.38 bits per heavy atom. The highest BCUT2D eigenvalue weighted by molar-refractivity contribution is 8.03. The van der Waals surface area contributed by atoms with E-state index in [-0.39, 0.29) is 22.9 Å². The van der Waals surface area contributed by atoms with Gasteiger partial charge in [-0.3, -0.25) is 14.5 Å². The number of hydrogen-bond donors (Lipinski definition) is 1. The van der Waals surface area contributed by atoms with Gasteiger partial charge < -0.3 is 5.11 Å². The highest BCUT2D eigenvalue weighted by Gasteiger charge is 2.34. The maximum atomic E-state index is 13.0. The summed E-state index contributed by atoms with van der Waals surface area (Å²) in [7, 11) is 0. The van der Waals surface area contributed by atoms with Crippen molar-refractivity contribution in [3.63, 3.8) is 0 Å². The lowest BCUT2D eigenvalue weighted by atomic mass is 10.1. The average Bonchev–Trinajstić information content (AvgIpc) is 2.41. The van der Waals surface area contributed by atoms with E-state index in [0.29, 0.717) is 11.3 Å². The minimum absolute atomic E-state index is 0.102. The summed E-state index contributed by atoms with van der Waals surface area (Å²) in [6, 6.07) is 5.66. The molecule has 1 aromatic rings. The van der Waals surface area contributed by atoms with Crippen LogP contribution in [0.1, 0.15) is 19.4 Å². The fourth-order valence-electron chi connectivity index (χ4n) is 2.12. The van der Waals surface area contributed by atoms with Crippen LogP contribution in [0.15, 0.2) is 29.7 Å². The molecule has 0 radical (unpaired) electrons. The summed E-state index contributed by atoms with van der Waals surface area (Å²) in [6.07, 6.45) is 0. The van der Waals surface area contributed by atoms with Crippen molar-refractivity contribution in [3.05, 3.63) is 41.1 Å². The number of carbonyl (C=O) groups is 2. The monoisotopic (exact) mass is 309 g/mol. The molecule has 0 aliphatic carbocycles. The van der Waals surface area contributed by atoms with Crippen molar-refractivity contribution in [1.82, 2.24) is 4.90 Å². The predicted octanol–water partition coefficient (Wildman–Crippen LogP) is 2.81. The van der Waals surface area contributed by atoms with E-state index in [9.17, 15) is 14.0 Å². The van der Waals surface area contributed by atoms with Crippen molar-refractivity contribution in [3.8, 4) is 0 Å². The molecule has 112 valence electrons. The number of hydrogen-bond acceptors (Lipinski definition) is 3. The van der Waals surface area contributed by atoms with E-state index in [1.165, 1.54) is 28.8 Å². The van der Waals surface area contributed by atoms with Crippen LogP contribution < -0.4 is 0 Å². The lowest BCUT2D eigenvalue weighted by Crippen LogP contribution is -2.43. The molecule has 0 aromatic heterocycles. The van der Waals surface area contributed by atoms with Crippen LogP contribution in [-0.2, 0) is 9.59 Å². The normalized spacial score (nSPS) is 18.9. The number of nitrogens with zero attached hydrogens (tertiary/aromatic N) is 1. The lowest BCUT2D eigenvalue weighted by Gasteiger charge is -2.33. The molecule has 1 heterocycles. The molecular weight excluding hydrogens is 293 g/mol. The van der Waals surface area contributed by atoms with Crippen LogP contribution in [-0.4, -0.2) is 33.7 Å². The largest absolute Gasteiger partial charge is 0.480 e. The maximum Gasteiger partial charge on any atom is 0.323 e. The molecule has 0 saturated heterocycles. The van der Waals surface area contributed by atoms with Gasteiger partial charge in [-0.05, 0) is 41.2 Å². The molecule has 1 aromatic carbocycles. The fraction of sp³-hybridized carbons (Fsp3) is 0.333. The second-order valence-corrected chi connectivity index (χ2v) is 6.14. The van der Waals surface area contributed by atoms with Crippen LogP contribution in [0, 0.1) is 11.7 Å². The number of carbonyl (C=O) groups excluding carboxylic acids is 1. The van der Waals surface area contributed by atoms with Gasteiger partial charge in [-0.1, -0.05) is 13.8 Å². The van der Waals surface area contributed by atoms with Crippen molar-refractivity contribution in [2.45, 2.75) is 19.1 Å². The molecule has 0 saturated carbocycles. The quantitative estimate of drug-likeness (QED) is 0.929. The zero-order valence-electron chi connectivity index (χ0n) is 11.7. The Balaban J connectivity index is 2.39. The smallest absolute Gasteiger partial charge is 0.323 e. The first-order chi connectivity index (χ1) is 9.90. The van der Waals surface area contributed by atoms with Gasteiger partial charge in [-0.2, -0.15) is 0 Å². The summed E-state index contributed by atoms with van der Waals surface area (Å²) in [5, 5.41) is 10.5. The number of aliphatic carboxylic acids is 1. The van der Waals surface area contributed by atoms with E-state index in [2.05, 4.69) is 0 Å². The molecule has 21 heavy (non-hydrogen) atoms. The molecule has 0 bridgehead atoms. The Morgan fingerprint density at radius 3 is 2.52 bits per heavy atom. The van der Waals surface area contributed by atoms with Crippen LogP contribution in [0.2, 0.25) is 0 Å². The molecule has 1 N–H and O–H groups in total. The van der Waals surface area contributed by atoms with E-state index in [1.54, 1.807) is 17.5 Å². The Hall–Kier alpha value is -1.82. The highest BCUT2D eigenvalue weighted by Crippen LogP contribution is 2.35. The Kier molecular flexibility index (Phi) is 4.67. The molecule has 1 aliphatic heterocycles. The number of carboxylic acid groups (broad SMARTS) is 1. The van der Waals surface area contributed by atoms with E-state index in [4.69, 9.17) is 5.11 Å². The zero-order valence-corrected chi connectivity index (χ0v) is 12.6. The fourth-order valence-corrected chi connectivity index (χ4v) is 3.21. The summed E-state index contributed by atoms with van der Waals surface area (Å²) in [6.45, 7) is 3.45. The van der Waals surface area contributed by atoms with Crippen molar-refractivity contribution in [2.24, 2.45) is 5.92 Å². The van der Waals surface area contributed by atoms with E-state index in [1.807, 2.05) is 13.8 Å². The summed E-state index contributed by atoms with van der Waals surface area (Å²) < 4.78 is 13.0. The van der Waals surface area contributed by atoms with Gasteiger partial charge in [0.2, 0.25) is 5.91 Å². The first-order valence-electron chi connectivity index (χ1n) is 6.55. The standard InChI is InChI=1S/C15H16FNO3S/c1-9(2)14-15(20)17(7-13(18)19)12(8-21-14)10-3-5-11(16)6-4-10/h3-6,8-9,14H,7H2,1-2H3,(H,18,19)/t14-/m0/s1. The third kappa shape index (κ3) is 3.44. The van der Waals surface area contributed by atoms with E-state index >= 15 is 0 Å². The number of halogens is 1. The molecule has 1 amide bonds. The number of carboxylic acids is 1. The number of benzene rings is 1. The number of amides is 1. The van der Waals surface area contributed by atoms with Crippen molar-refractivity contribution >= 4 is 29.3 Å². The Morgan fingerprint density at radius 2 is 2.00 bits per heavy atom. The molecular formula is C15H16FNO3S. The highest BCUT2D eigenvalue weighted by atomic mass is 32.2. The van der Waals surface area contributed by atoms with Crippen LogP contribution in [0.5, 0.6) is 0 Å². The van der Waals surface area contributed by atoms with Gasteiger partial charge in [0.15, 0.2) is 0 Å². The molecule has 2 rings (SSSR count). The Labute approximate surface area is 126 Å². The van der Waals surface area contributed by atoms with Crippen LogP contribution in [0.3, 0.4) is 0 Å². The van der Waals surface area contributed by atoms with E-state index in [0.717, 1.165) is 0 Å². The van der Waals surface area contributed by atoms with Gasteiger partial charge in [-0.15, -0.1) is 11.8 Å². The lowest BCUT2D eigenvalue weighted by molar-refractivity contribution is -0.142. The molecule has 0 spiro atoms. The average molecular weight is 309 g/mol. The maximum absolute atomic E-state index is 13.0. The van der Waals surface area contributed by atoms with Gasteiger partial charge in [0.1, 0.15) is 12.4 Å². The van der Waals surface area contributed by atoms with Crippen molar-refractivity contribution in [1.29, 1.82) is 0 Å². The van der Waals surface area contributed by atoms with Crippen molar-refractivity contribution in [2.75, 3.05) is 6.54 Å². The van der Waals surface area contributed by atoms with Crippen LogP contribution in [0.4, 0.5) is 4.39 Å². The third-order valence-corrected chi connectivity index (χ3v) is 4.56. The van der Waals surface area contributed by atoms with Gasteiger partial charge in [0.25, 0.3) is 0 Å². The SMILES string of the molecule is CC(C)[C@@H]1SC=C(c2ccc(F)cc2)N(CC(=O)O)C1=O. The summed E-state index contributed by atoms with van der Waals surface area (Å²) in [5.74, 6) is -1.58. The first-order valence-corrected chi connectivity index (χ1v) is 7.49. The van der Waals surface area contributed by atoms with Gasteiger partial charge in [0.05, 0.1) is 10.9 Å².